The molecule has 3 heterocycles. The lowest BCUT2D eigenvalue weighted by Crippen LogP contribution is -2.50. The number of nitrogens with zero attached hydrogens (tertiary/aromatic N) is 5. The van der Waals surface area contributed by atoms with Crippen LogP contribution in [0.4, 0.5) is 0 Å². The molecule has 2 aromatic heterocycles. The van der Waals surface area contributed by atoms with Crippen LogP contribution in [0.3, 0.4) is 0 Å². The van der Waals surface area contributed by atoms with Gasteiger partial charge in [-0.3, -0.25) is 14.4 Å². The predicted octanol–water partition coefficient (Wildman–Crippen LogP) is 1.44. The summed E-state index contributed by atoms with van der Waals surface area (Å²) >= 11 is 0. The van der Waals surface area contributed by atoms with Gasteiger partial charge in [-0.25, -0.2) is 4.98 Å². The molecule has 1 aliphatic heterocycles. The summed E-state index contributed by atoms with van der Waals surface area (Å²) in [6.07, 6.45) is 1.67. The van der Waals surface area contributed by atoms with E-state index in [0.29, 0.717) is 11.6 Å². The number of carbonyl (C=O) groups is 1. The molecule has 0 atom stereocenters. The van der Waals surface area contributed by atoms with Crippen LogP contribution in [0.25, 0.3) is 11.0 Å². The van der Waals surface area contributed by atoms with Gasteiger partial charge in [0.25, 0.3) is 5.91 Å². The summed E-state index contributed by atoms with van der Waals surface area (Å²) in [4.78, 5) is 21.4. The SMILES string of the molecule is Cc1nn(C)c2ncc(C(=O)N3CCN(C(C)C)CC3)cc12. The number of hydrogen-bond acceptors (Lipinski definition) is 4. The van der Waals surface area contributed by atoms with Crippen LogP contribution >= 0.6 is 0 Å². The van der Waals surface area contributed by atoms with Crippen LogP contribution in [0.15, 0.2) is 12.3 Å². The number of aromatic nitrogens is 3. The zero-order chi connectivity index (χ0) is 15.9. The third-order valence-corrected chi connectivity index (χ3v) is 4.44. The molecule has 118 valence electrons. The third kappa shape index (κ3) is 2.59. The Morgan fingerprint density at radius 3 is 2.55 bits per heavy atom. The quantitative estimate of drug-likeness (QED) is 0.842. The normalized spacial score (nSPS) is 16.7. The van der Waals surface area contributed by atoms with Gasteiger partial charge in [0.05, 0.1) is 11.3 Å². The van der Waals surface area contributed by atoms with Crippen LogP contribution in [0.2, 0.25) is 0 Å². The molecule has 6 nitrogen and oxygen atoms in total. The van der Waals surface area contributed by atoms with Crippen molar-refractivity contribution in [3.8, 4) is 0 Å². The lowest BCUT2D eigenvalue weighted by atomic mass is 10.1. The van der Waals surface area contributed by atoms with Crippen molar-refractivity contribution in [2.24, 2.45) is 7.05 Å². The van der Waals surface area contributed by atoms with Gasteiger partial charge in [-0.1, -0.05) is 0 Å². The van der Waals surface area contributed by atoms with E-state index in [1.54, 1.807) is 10.9 Å². The van der Waals surface area contributed by atoms with Gasteiger partial charge in [0.15, 0.2) is 5.65 Å². The van der Waals surface area contributed by atoms with E-state index < -0.39 is 0 Å². The van der Waals surface area contributed by atoms with Crippen LogP contribution in [0, 0.1) is 6.92 Å². The number of pyridine rings is 1. The minimum absolute atomic E-state index is 0.0704. The Morgan fingerprint density at radius 2 is 1.91 bits per heavy atom. The van der Waals surface area contributed by atoms with Crippen molar-refractivity contribution < 1.29 is 4.79 Å². The van der Waals surface area contributed by atoms with Crippen LogP contribution in [0.1, 0.15) is 29.9 Å². The van der Waals surface area contributed by atoms with Gasteiger partial charge < -0.3 is 4.90 Å². The maximum atomic E-state index is 12.7. The van der Waals surface area contributed by atoms with Gasteiger partial charge in [-0.2, -0.15) is 5.10 Å². The largest absolute Gasteiger partial charge is 0.336 e. The summed E-state index contributed by atoms with van der Waals surface area (Å²) in [5, 5.41) is 5.31. The molecule has 0 spiro atoms. The number of rotatable bonds is 2. The van der Waals surface area contributed by atoms with Crippen molar-refractivity contribution in [1.82, 2.24) is 24.6 Å². The van der Waals surface area contributed by atoms with E-state index in [1.807, 2.05) is 24.9 Å². The molecule has 0 aliphatic carbocycles. The minimum atomic E-state index is 0.0704. The summed E-state index contributed by atoms with van der Waals surface area (Å²) in [6.45, 7) is 9.76. The molecular weight excluding hydrogens is 278 g/mol. The molecule has 2 aromatic rings. The van der Waals surface area contributed by atoms with E-state index in [0.717, 1.165) is 42.9 Å². The van der Waals surface area contributed by atoms with Crippen molar-refractivity contribution in [3.05, 3.63) is 23.5 Å². The highest BCUT2D eigenvalue weighted by Gasteiger charge is 2.24. The standard InChI is InChI=1S/C16H23N5O/c1-11(2)20-5-7-21(8-6-20)16(22)13-9-14-12(3)18-19(4)15(14)17-10-13/h9-11H,5-8H2,1-4H3. The summed E-state index contributed by atoms with van der Waals surface area (Å²) in [6, 6.07) is 2.45. The Bertz CT molecular complexity index is 698. The molecule has 0 bridgehead atoms. The monoisotopic (exact) mass is 301 g/mol. The molecule has 0 unspecified atom stereocenters. The maximum absolute atomic E-state index is 12.7. The predicted molar refractivity (Wildman–Crippen MR) is 85.9 cm³/mol. The average Bonchev–Trinajstić information content (AvgIpc) is 2.81. The number of carbonyl (C=O) groups excluding carboxylic acids is 1. The number of fused-ring (bicyclic) bond motifs is 1. The molecule has 0 radical (unpaired) electrons. The van der Waals surface area contributed by atoms with Crippen LogP contribution in [0.5, 0.6) is 0 Å². The van der Waals surface area contributed by atoms with Crippen molar-refractivity contribution in [3.63, 3.8) is 0 Å². The second-order valence-electron chi connectivity index (χ2n) is 6.23. The summed E-state index contributed by atoms with van der Waals surface area (Å²) in [5.41, 5.74) is 2.38. The van der Waals surface area contributed by atoms with Crippen molar-refractivity contribution in [1.29, 1.82) is 0 Å². The van der Waals surface area contributed by atoms with E-state index in [2.05, 4.69) is 28.8 Å². The molecule has 1 saturated heterocycles. The first-order chi connectivity index (χ1) is 10.5. The summed E-state index contributed by atoms with van der Waals surface area (Å²) in [7, 11) is 1.87. The highest BCUT2D eigenvalue weighted by Crippen LogP contribution is 2.18. The molecular formula is C16H23N5O. The summed E-state index contributed by atoms with van der Waals surface area (Å²) in [5.74, 6) is 0.0704. The number of aryl methyl sites for hydroxylation is 2. The van der Waals surface area contributed by atoms with Crippen molar-refractivity contribution >= 4 is 16.9 Å². The van der Waals surface area contributed by atoms with E-state index in [1.165, 1.54) is 0 Å². The molecule has 22 heavy (non-hydrogen) atoms. The Balaban J connectivity index is 1.79. The maximum Gasteiger partial charge on any atom is 0.255 e. The third-order valence-electron chi connectivity index (χ3n) is 4.44. The van der Waals surface area contributed by atoms with Crippen LogP contribution in [-0.4, -0.2) is 62.7 Å². The molecule has 0 aromatic carbocycles. The highest BCUT2D eigenvalue weighted by molar-refractivity contribution is 5.97. The summed E-state index contributed by atoms with van der Waals surface area (Å²) < 4.78 is 1.75. The first kappa shape index (κ1) is 15.0. The van der Waals surface area contributed by atoms with Gasteiger partial charge in [-0.05, 0) is 26.8 Å². The Hall–Kier alpha value is -1.95. The van der Waals surface area contributed by atoms with Crippen LogP contribution < -0.4 is 0 Å². The average molecular weight is 301 g/mol. The fourth-order valence-corrected chi connectivity index (χ4v) is 3.05. The van der Waals surface area contributed by atoms with Gasteiger partial charge in [0, 0.05) is 50.9 Å². The van der Waals surface area contributed by atoms with Gasteiger partial charge in [0.2, 0.25) is 0 Å². The molecule has 1 fully saturated rings. The first-order valence-electron chi connectivity index (χ1n) is 7.80. The lowest BCUT2D eigenvalue weighted by Gasteiger charge is -2.36. The molecule has 0 saturated carbocycles. The second-order valence-corrected chi connectivity index (χ2v) is 6.23. The Labute approximate surface area is 130 Å². The van der Waals surface area contributed by atoms with E-state index >= 15 is 0 Å². The number of hydrogen-bond donors (Lipinski definition) is 0. The van der Waals surface area contributed by atoms with E-state index in [-0.39, 0.29) is 5.91 Å². The number of amides is 1. The Morgan fingerprint density at radius 1 is 1.23 bits per heavy atom. The molecule has 0 N–H and O–H groups in total. The zero-order valence-electron chi connectivity index (χ0n) is 13.7. The molecule has 6 heteroatoms. The van der Waals surface area contributed by atoms with Gasteiger partial charge in [0.1, 0.15) is 0 Å². The minimum Gasteiger partial charge on any atom is -0.336 e. The zero-order valence-corrected chi connectivity index (χ0v) is 13.7. The van der Waals surface area contributed by atoms with E-state index in [4.69, 9.17) is 0 Å². The smallest absolute Gasteiger partial charge is 0.255 e. The lowest BCUT2D eigenvalue weighted by molar-refractivity contribution is 0.0595. The fourth-order valence-electron chi connectivity index (χ4n) is 3.05. The molecule has 1 aliphatic rings. The molecule has 1 amide bonds. The fraction of sp³-hybridized carbons (Fsp3) is 0.562. The topological polar surface area (TPSA) is 54.3 Å². The van der Waals surface area contributed by atoms with E-state index in [9.17, 15) is 4.79 Å². The van der Waals surface area contributed by atoms with Gasteiger partial charge in [-0.15, -0.1) is 0 Å². The number of piperazine rings is 1. The highest BCUT2D eigenvalue weighted by atomic mass is 16.2. The Kier molecular flexibility index (Phi) is 3.87. The second kappa shape index (κ2) is 5.68. The van der Waals surface area contributed by atoms with Crippen molar-refractivity contribution in [2.75, 3.05) is 26.2 Å². The van der Waals surface area contributed by atoms with Crippen molar-refractivity contribution in [2.45, 2.75) is 26.8 Å². The van der Waals surface area contributed by atoms with Gasteiger partial charge >= 0.3 is 0 Å². The molecule has 3 rings (SSSR count). The van der Waals surface area contributed by atoms with Crippen LogP contribution in [-0.2, 0) is 7.05 Å². The first-order valence-corrected chi connectivity index (χ1v) is 7.80.